The molecular weight excluding hydrogens is 330 g/mol. The van der Waals surface area contributed by atoms with Gasteiger partial charge in [-0.05, 0) is 25.1 Å². The number of carbonyl (C=O) groups is 1. The zero-order chi connectivity index (χ0) is 17.1. The molecule has 7 heteroatoms. The molecule has 6 nitrogen and oxygen atoms in total. The van der Waals surface area contributed by atoms with Crippen LogP contribution in [-0.2, 0) is 11.3 Å². The van der Waals surface area contributed by atoms with Crippen molar-refractivity contribution < 1.29 is 14.1 Å². The molecule has 0 amide bonds. The lowest BCUT2D eigenvalue weighted by molar-refractivity contribution is 0.0430. The summed E-state index contributed by atoms with van der Waals surface area (Å²) in [5.41, 5.74) is 8.24. The topological polar surface area (TPSA) is 91.2 Å². The molecule has 0 bridgehead atoms. The third-order valence-corrected chi connectivity index (χ3v) is 3.68. The average Bonchev–Trinajstić information content (AvgIpc) is 3.05. The lowest BCUT2D eigenvalue weighted by atomic mass is 10.1. The van der Waals surface area contributed by atoms with E-state index in [0.717, 1.165) is 11.1 Å². The summed E-state index contributed by atoms with van der Waals surface area (Å²) in [6.07, 6.45) is 0. The summed E-state index contributed by atoms with van der Waals surface area (Å²) in [4.78, 5) is 16.2. The lowest BCUT2D eigenvalue weighted by Gasteiger charge is -2.03. The summed E-state index contributed by atoms with van der Waals surface area (Å²) in [6, 6.07) is 12.2. The van der Waals surface area contributed by atoms with Gasteiger partial charge in [0.15, 0.2) is 6.61 Å². The van der Waals surface area contributed by atoms with Crippen LogP contribution in [0.4, 0.5) is 5.69 Å². The van der Waals surface area contributed by atoms with Crippen LogP contribution in [-0.4, -0.2) is 16.1 Å². The van der Waals surface area contributed by atoms with Gasteiger partial charge < -0.3 is 15.0 Å². The number of nitrogens with two attached hydrogens (primary N) is 1. The number of carbonyl (C=O) groups excluding carboxylic acids is 1. The SMILES string of the molecule is Cc1ccc(-c2noc(COC(=O)c3ccc(Cl)c(N)c3)n2)cc1. The van der Waals surface area contributed by atoms with E-state index in [2.05, 4.69) is 10.1 Å². The van der Waals surface area contributed by atoms with Crippen molar-refractivity contribution in [2.45, 2.75) is 13.5 Å². The standard InChI is InChI=1S/C17H14ClN3O3/c1-10-2-4-11(5-3-10)16-20-15(24-21-16)9-23-17(22)12-6-7-13(18)14(19)8-12/h2-8H,9,19H2,1H3. The molecule has 0 unspecified atom stereocenters. The maximum atomic E-state index is 12.0. The molecule has 3 rings (SSSR count). The van der Waals surface area contributed by atoms with Gasteiger partial charge in [0.05, 0.1) is 16.3 Å². The number of anilines is 1. The van der Waals surface area contributed by atoms with Gasteiger partial charge >= 0.3 is 5.97 Å². The molecule has 0 saturated heterocycles. The largest absolute Gasteiger partial charge is 0.452 e. The van der Waals surface area contributed by atoms with E-state index < -0.39 is 5.97 Å². The van der Waals surface area contributed by atoms with Gasteiger partial charge in [0, 0.05) is 5.56 Å². The molecule has 3 aromatic rings. The summed E-state index contributed by atoms with van der Waals surface area (Å²) < 4.78 is 10.2. The fraction of sp³-hybridized carbons (Fsp3) is 0.118. The van der Waals surface area contributed by atoms with Gasteiger partial charge in [-0.2, -0.15) is 4.98 Å². The van der Waals surface area contributed by atoms with Crippen LogP contribution in [0.1, 0.15) is 21.8 Å². The Balaban J connectivity index is 1.65. The van der Waals surface area contributed by atoms with E-state index in [0.29, 0.717) is 22.1 Å². The number of hydrogen-bond donors (Lipinski definition) is 1. The number of halogens is 1. The molecule has 2 N–H and O–H groups in total. The maximum absolute atomic E-state index is 12.0. The molecule has 122 valence electrons. The van der Waals surface area contributed by atoms with Crippen LogP contribution in [0.2, 0.25) is 5.02 Å². The molecule has 0 aliphatic heterocycles. The number of ether oxygens (including phenoxy) is 1. The van der Waals surface area contributed by atoms with Crippen molar-refractivity contribution in [3.63, 3.8) is 0 Å². The highest BCUT2D eigenvalue weighted by molar-refractivity contribution is 6.33. The highest BCUT2D eigenvalue weighted by Crippen LogP contribution is 2.20. The van der Waals surface area contributed by atoms with Crippen LogP contribution in [0.5, 0.6) is 0 Å². The van der Waals surface area contributed by atoms with Crippen LogP contribution in [0.3, 0.4) is 0 Å². The van der Waals surface area contributed by atoms with Gasteiger partial charge in [0.1, 0.15) is 0 Å². The number of benzene rings is 2. The van der Waals surface area contributed by atoms with E-state index in [1.54, 1.807) is 0 Å². The Kier molecular flexibility index (Phi) is 4.48. The number of aryl methyl sites for hydroxylation is 1. The van der Waals surface area contributed by atoms with Crippen molar-refractivity contribution >= 4 is 23.3 Å². The number of esters is 1. The quantitative estimate of drug-likeness (QED) is 0.574. The van der Waals surface area contributed by atoms with E-state index in [1.165, 1.54) is 18.2 Å². The van der Waals surface area contributed by atoms with Crippen LogP contribution in [0, 0.1) is 6.92 Å². The van der Waals surface area contributed by atoms with Crippen LogP contribution in [0.25, 0.3) is 11.4 Å². The van der Waals surface area contributed by atoms with Gasteiger partial charge in [-0.1, -0.05) is 46.6 Å². The van der Waals surface area contributed by atoms with Crippen molar-refractivity contribution in [2.75, 3.05) is 5.73 Å². The van der Waals surface area contributed by atoms with Gasteiger partial charge in [-0.25, -0.2) is 4.79 Å². The Morgan fingerprint density at radius 3 is 2.71 bits per heavy atom. The summed E-state index contributed by atoms with van der Waals surface area (Å²) in [6.45, 7) is 1.87. The van der Waals surface area contributed by atoms with Crippen molar-refractivity contribution in [1.82, 2.24) is 10.1 Å². The van der Waals surface area contributed by atoms with E-state index in [-0.39, 0.29) is 12.5 Å². The van der Waals surface area contributed by atoms with Crippen molar-refractivity contribution in [1.29, 1.82) is 0 Å². The van der Waals surface area contributed by atoms with Crippen molar-refractivity contribution in [3.05, 3.63) is 64.5 Å². The second kappa shape index (κ2) is 6.72. The third-order valence-electron chi connectivity index (χ3n) is 3.34. The van der Waals surface area contributed by atoms with Crippen LogP contribution < -0.4 is 5.73 Å². The fourth-order valence-corrected chi connectivity index (χ4v) is 2.13. The third kappa shape index (κ3) is 3.55. The molecule has 0 fully saturated rings. The highest BCUT2D eigenvalue weighted by atomic mass is 35.5. The first-order valence-electron chi connectivity index (χ1n) is 7.15. The van der Waals surface area contributed by atoms with Crippen molar-refractivity contribution in [3.8, 4) is 11.4 Å². The van der Waals surface area contributed by atoms with E-state index in [1.807, 2.05) is 31.2 Å². The summed E-state index contributed by atoms with van der Waals surface area (Å²) >= 11 is 5.82. The zero-order valence-corrected chi connectivity index (χ0v) is 13.6. The molecule has 0 atom stereocenters. The Labute approximate surface area is 143 Å². The number of hydrogen-bond acceptors (Lipinski definition) is 6. The number of nitrogens with zero attached hydrogens (tertiary/aromatic N) is 2. The fourth-order valence-electron chi connectivity index (χ4n) is 2.01. The molecule has 1 heterocycles. The minimum Gasteiger partial charge on any atom is -0.452 e. The van der Waals surface area contributed by atoms with Gasteiger partial charge in [-0.15, -0.1) is 0 Å². The summed E-state index contributed by atoms with van der Waals surface area (Å²) in [5, 5.41) is 4.26. The van der Waals surface area contributed by atoms with Crippen molar-refractivity contribution in [2.24, 2.45) is 0 Å². The molecular formula is C17H14ClN3O3. The molecule has 0 aliphatic carbocycles. The van der Waals surface area contributed by atoms with E-state index >= 15 is 0 Å². The van der Waals surface area contributed by atoms with E-state index in [9.17, 15) is 4.79 Å². The van der Waals surface area contributed by atoms with Gasteiger partial charge in [0.2, 0.25) is 5.82 Å². The molecule has 1 aromatic heterocycles. The Morgan fingerprint density at radius 1 is 1.25 bits per heavy atom. The number of aromatic nitrogens is 2. The lowest BCUT2D eigenvalue weighted by Crippen LogP contribution is -2.06. The minimum absolute atomic E-state index is 0.125. The summed E-state index contributed by atoms with van der Waals surface area (Å²) in [7, 11) is 0. The predicted octanol–water partition coefficient (Wildman–Crippen LogP) is 3.64. The predicted molar refractivity (Wildman–Crippen MR) is 89.5 cm³/mol. The minimum atomic E-state index is -0.548. The molecule has 2 aromatic carbocycles. The Morgan fingerprint density at radius 2 is 2.00 bits per heavy atom. The van der Waals surface area contributed by atoms with Gasteiger partial charge in [0.25, 0.3) is 5.89 Å². The number of nitrogen functional groups attached to an aromatic ring is 1. The second-order valence-corrected chi connectivity index (χ2v) is 5.60. The highest BCUT2D eigenvalue weighted by Gasteiger charge is 2.13. The van der Waals surface area contributed by atoms with Crippen LogP contribution in [0.15, 0.2) is 47.0 Å². The normalized spacial score (nSPS) is 10.6. The van der Waals surface area contributed by atoms with E-state index in [4.69, 9.17) is 26.6 Å². The Bertz CT molecular complexity index is 875. The van der Waals surface area contributed by atoms with Gasteiger partial charge in [-0.3, -0.25) is 0 Å². The Hall–Kier alpha value is -2.86. The molecule has 0 radical (unpaired) electrons. The average molecular weight is 344 g/mol. The first-order valence-corrected chi connectivity index (χ1v) is 7.52. The van der Waals surface area contributed by atoms with Crippen LogP contribution >= 0.6 is 11.6 Å². The maximum Gasteiger partial charge on any atom is 0.338 e. The first kappa shape index (κ1) is 16.0. The molecule has 24 heavy (non-hydrogen) atoms. The molecule has 0 spiro atoms. The smallest absolute Gasteiger partial charge is 0.338 e. The zero-order valence-electron chi connectivity index (χ0n) is 12.8. The molecule has 0 aliphatic rings. The monoisotopic (exact) mass is 343 g/mol. The first-order chi connectivity index (χ1) is 11.5. The second-order valence-electron chi connectivity index (χ2n) is 5.19. The summed E-state index contributed by atoms with van der Waals surface area (Å²) in [5.74, 6) is 0.103. The molecule has 0 saturated carbocycles. The number of rotatable bonds is 4.